The van der Waals surface area contributed by atoms with Crippen LogP contribution in [0.3, 0.4) is 0 Å². The van der Waals surface area contributed by atoms with Gasteiger partial charge < -0.3 is 26.2 Å². The Morgan fingerprint density at radius 1 is 0.978 bits per heavy atom. The molecule has 4 aliphatic heterocycles. The monoisotopic (exact) mass is 633 g/mol. The largest absolute Gasteiger partial charge is 0.361 e. The number of hydrogen-bond donors (Lipinski definition) is 4. The quantitative estimate of drug-likeness (QED) is 0.298. The van der Waals surface area contributed by atoms with Gasteiger partial charge in [0.1, 0.15) is 6.17 Å². The first-order valence-electron chi connectivity index (χ1n) is 16.4. The van der Waals surface area contributed by atoms with Gasteiger partial charge >= 0.3 is 6.03 Å². The molecule has 0 aliphatic carbocycles. The van der Waals surface area contributed by atoms with E-state index in [9.17, 15) is 13.2 Å². The smallest absolute Gasteiger partial charge is 0.327 e. The highest BCUT2D eigenvalue weighted by atomic mass is 32.2. The lowest BCUT2D eigenvalue weighted by molar-refractivity contribution is 0.151. The van der Waals surface area contributed by atoms with Crippen molar-refractivity contribution in [1.82, 2.24) is 30.5 Å². The number of nitrogens with one attached hydrogen (secondary N) is 4. The lowest BCUT2D eigenvalue weighted by atomic mass is 10.0. The van der Waals surface area contributed by atoms with E-state index < -0.39 is 10.0 Å². The minimum absolute atomic E-state index is 0.00930. The van der Waals surface area contributed by atoms with E-state index in [0.29, 0.717) is 17.5 Å². The normalized spacial score (nSPS) is 22.9. The van der Waals surface area contributed by atoms with Crippen molar-refractivity contribution < 1.29 is 13.2 Å². The second-order valence-corrected chi connectivity index (χ2v) is 14.5. The average molecular weight is 634 g/mol. The third-order valence-corrected chi connectivity index (χ3v) is 11.5. The highest BCUT2D eigenvalue weighted by Crippen LogP contribution is 2.30. The van der Waals surface area contributed by atoms with E-state index >= 15 is 0 Å². The summed E-state index contributed by atoms with van der Waals surface area (Å²) in [5.74, 6) is 0. The zero-order valence-electron chi connectivity index (χ0n) is 26.5. The SMILES string of the molecule is CNCc1ccc(N2C=C3C=C(c4ccc(S(=O)(=O)N(CCCN5CCCCC5C)C5CCNCC5)cc4)NC3NC2=O)cc1. The third-order valence-electron chi connectivity index (χ3n) is 9.56. The van der Waals surface area contributed by atoms with Gasteiger partial charge in [-0.3, -0.25) is 4.90 Å². The topological polar surface area (TPSA) is 109 Å². The Morgan fingerprint density at radius 2 is 1.73 bits per heavy atom. The Hall–Kier alpha value is -3.22. The van der Waals surface area contributed by atoms with E-state index in [-0.39, 0.29) is 18.2 Å². The molecule has 2 fully saturated rings. The van der Waals surface area contributed by atoms with E-state index in [1.165, 1.54) is 19.3 Å². The average Bonchev–Trinajstić information content (AvgIpc) is 3.47. The lowest BCUT2D eigenvalue weighted by Crippen LogP contribution is -2.51. The number of carbonyl (C=O) groups is 1. The number of rotatable bonds is 11. The number of amides is 2. The molecule has 242 valence electrons. The molecule has 0 radical (unpaired) electrons. The van der Waals surface area contributed by atoms with Crippen LogP contribution in [-0.4, -0.2) is 81.7 Å². The van der Waals surface area contributed by atoms with Crippen LogP contribution >= 0.6 is 0 Å². The van der Waals surface area contributed by atoms with E-state index in [4.69, 9.17) is 0 Å². The number of anilines is 1. The van der Waals surface area contributed by atoms with Gasteiger partial charge in [-0.15, -0.1) is 0 Å². The van der Waals surface area contributed by atoms with Gasteiger partial charge in [0.05, 0.1) is 10.6 Å². The van der Waals surface area contributed by atoms with Crippen molar-refractivity contribution in [3.8, 4) is 0 Å². The summed E-state index contributed by atoms with van der Waals surface area (Å²) in [6.07, 6.45) is 9.76. The summed E-state index contributed by atoms with van der Waals surface area (Å²) in [6.45, 7) is 7.31. The number of likely N-dealkylation sites (tertiary alicyclic amines) is 1. The fraction of sp³-hybridized carbons (Fsp3) is 0.500. The number of benzene rings is 2. The molecule has 2 unspecified atom stereocenters. The standard InChI is InChI=1S/C34H47N7O3S/c1-25-6-3-4-19-39(25)20-5-21-41(30-15-17-36-18-16-30)45(43,44)31-13-9-27(10-14-31)32-22-28-24-40(34(42)38-33(28)37-32)29-11-7-26(8-12-29)23-35-2/h7-14,22,24-25,30,33,35-37H,3-6,15-21,23H2,1-2H3,(H,38,42). The lowest BCUT2D eigenvalue weighted by Gasteiger charge is -2.36. The van der Waals surface area contributed by atoms with Crippen LogP contribution in [0.4, 0.5) is 10.5 Å². The maximum absolute atomic E-state index is 14.1. The molecular weight excluding hydrogens is 586 g/mol. The molecule has 6 rings (SSSR count). The summed E-state index contributed by atoms with van der Waals surface area (Å²) in [5, 5.41) is 12.9. The Morgan fingerprint density at radius 3 is 2.44 bits per heavy atom. The van der Waals surface area contributed by atoms with Gasteiger partial charge in [0.2, 0.25) is 10.0 Å². The highest BCUT2D eigenvalue weighted by molar-refractivity contribution is 7.89. The molecular formula is C34H47N7O3S. The zero-order valence-corrected chi connectivity index (χ0v) is 27.3. The second kappa shape index (κ2) is 14.0. The maximum atomic E-state index is 14.1. The van der Waals surface area contributed by atoms with Crippen molar-refractivity contribution in [2.75, 3.05) is 44.7 Å². The van der Waals surface area contributed by atoms with E-state index in [1.807, 2.05) is 55.7 Å². The van der Waals surface area contributed by atoms with E-state index in [1.54, 1.807) is 21.3 Å². The molecule has 4 heterocycles. The van der Waals surface area contributed by atoms with Crippen molar-refractivity contribution in [2.24, 2.45) is 0 Å². The van der Waals surface area contributed by atoms with E-state index in [0.717, 1.165) is 80.1 Å². The minimum Gasteiger partial charge on any atom is -0.361 e. The fourth-order valence-corrected chi connectivity index (χ4v) is 8.68. The van der Waals surface area contributed by atoms with Crippen molar-refractivity contribution in [2.45, 2.75) is 75.1 Å². The molecule has 0 bridgehead atoms. The number of fused-ring (bicyclic) bond motifs is 1. The summed E-state index contributed by atoms with van der Waals surface area (Å²) in [6, 6.07) is 15.4. The van der Waals surface area contributed by atoms with Crippen LogP contribution < -0.4 is 26.2 Å². The van der Waals surface area contributed by atoms with Crippen LogP contribution in [0, 0.1) is 0 Å². The molecule has 2 saturated heterocycles. The van der Waals surface area contributed by atoms with Gasteiger partial charge in [0.25, 0.3) is 0 Å². The van der Waals surface area contributed by atoms with Gasteiger partial charge in [-0.05, 0) is 114 Å². The third kappa shape index (κ3) is 7.12. The van der Waals surface area contributed by atoms with Crippen LogP contribution in [-0.2, 0) is 16.6 Å². The highest BCUT2D eigenvalue weighted by Gasteiger charge is 2.34. The van der Waals surface area contributed by atoms with Crippen LogP contribution in [0.1, 0.15) is 56.6 Å². The number of nitrogens with zero attached hydrogens (tertiary/aromatic N) is 3. The molecule has 45 heavy (non-hydrogen) atoms. The van der Waals surface area contributed by atoms with E-state index in [2.05, 4.69) is 33.1 Å². The zero-order chi connectivity index (χ0) is 31.4. The molecule has 2 amide bonds. The molecule has 2 aromatic rings. The Kier molecular flexibility index (Phi) is 9.91. The van der Waals surface area contributed by atoms with Crippen LogP contribution in [0.2, 0.25) is 0 Å². The first-order chi connectivity index (χ1) is 21.8. The molecule has 0 spiro atoms. The van der Waals surface area contributed by atoms with Gasteiger partial charge in [-0.1, -0.05) is 30.7 Å². The Labute approximate surface area is 268 Å². The molecule has 4 N–H and O–H groups in total. The molecule has 4 aliphatic rings. The number of piperidine rings is 2. The Balaban J connectivity index is 1.16. The number of urea groups is 1. The summed E-state index contributed by atoms with van der Waals surface area (Å²) < 4.78 is 29.9. The van der Waals surface area contributed by atoms with Crippen molar-refractivity contribution in [3.63, 3.8) is 0 Å². The maximum Gasteiger partial charge on any atom is 0.327 e. The second-order valence-electron chi connectivity index (χ2n) is 12.6. The first kappa shape index (κ1) is 31.7. The molecule has 2 atom stereocenters. The number of sulfonamides is 1. The summed E-state index contributed by atoms with van der Waals surface area (Å²) in [4.78, 5) is 17.4. The van der Waals surface area contributed by atoms with Crippen molar-refractivity contribution in [1.29, 1.82) is 0 Å². The van der Waals surface area contributed by atoms with Crippen LogP contribution in [0.25, 0.3) is 5.70 Å². The number of carbonyl (C=O) groups excluding carboxylic acids is 1. The summed E-state index contributed by atoms with van der Waals surface area (Å²) in [7, 11) is -1.76. The molecule has 11 heteroatoms. The predicted octanol–water partition coefficient (Wildman–Crippen LogP) is 3.80. The van der Waals surface area contributed by atoms with Gasteiger partial charge in [0.15, 0.2) is 0 Å². The van der Waals surface area contributed by atoms with Crippen LogP contribution in [0.5, 0.6) is 0 Å². The molecule has 0 aromatic heterocycles. The van der Waals surface area contributed by atoms with Gasteiger partial charge in [-0.2, -0.15) is 4.31 Å². The van der Waals surface area contributed by atoms with Crippen LogP contribution in [0.15, 0.2) is 71.3 Å². The minimum atomic E-state index is -3.66. The Bertz CT molecular complexity index is 1500. The summed E-state index contributed by atoms with van der Waals surface area (Å²) in [5.41, 5.74) is 4.58. The van der Waals surface area contributed by atoms with Crippen molar-refractivity contribution >= 4 is 27.4 Å². The summed E-state index contributed by atoms with van der Waals surface area (Å²) >= 11 is 0. The first-order valence-corrected chi connectivity index (χ1v) is 17.9. The number of hydrogen-bond acceptors (Lipinski definition) is 7. The van der Waals surface area contributed by atoms with Crippen molar-refractivity contribution in [3.05, 3.63) is 77.5 Å². The molecule has 10 nitrogen and oxygen atoms in total. The van der Waals surface area contributed by atoms with Gasteiger partial charge in [0, 0.05) is 42.6 Å². The molecule has 0 saturated carbocycles. The van der Waals surface area contributed by atoms with Gasteiger partial charge in [-0.25, -0.2) is 13.2 Å². The predicted molar refractivity (Wildman–Crippen MR) is 179 cm³/mol. The fourth-order valence-electron chi connectivity index (χ4n) is 6.95. The molecule has 2 aromatic carbocycles.